The van der Waals surface area contributed by atoms with Crippen LogP contribution in [0.15, 0.2) is 18.5 Å². The predicted octanol–water partition coefficient (Wildman–Crippen LogP) is 2.21. The SMILES string of the molecule is Cc1cc(NC(CCN)C(C)(C)C)n2ncnc2c1. The number of nitrogens with zero attached hydrogens (tertiary/aromatic N) is 3. The Morgan fingerprint density at radius 1 is 1.37 bits per heavy atom. The zero-order valence-electron chi connectivity index (χ0n) is 12.1. The van der Waals surface area contributed by atoms with Gasteiger partial charge in [-0.15, -0.1) is 0 Å². The van der Waals surface area contributed by atoms with E-state index in [1.165, 1.54) is 5.56 Å². The maximum atomic E-state index is 5.73. The maximum absolute atomic E-state index is 5.73. The Morgan fingerprint density at radius 2 is 2.11 bits per heavy atom. The number of fused-ring (bicyclic) bond motifs is 1. The van der Waals surface area contributed by atoms with Gasteiger partial charge in [-0.3, -0.25) is 0 Å². The van der Waals surface area contributed by atoms with Crippen molar-refractivity contribution >= 4 is 11.5 Å². The van der Waals surface area contributed by atoms with Gasteiger partial charge < -0.3 is 11.1 Å². The molecule has 3 N–H and O–H groups in total. The van der Waals surface area contributed by atoms with Gasteiger partial charge in [-0.1, -0.05) is 20.8 Å². The summed E-state index contributed by atoms with van der Waals surface area (Å²) in [6.07, 6.45) is 2.50. The highest BCUT2D eigenvalue weighted by Gasteiger charge is 2.24. The van der Waals surface area contributed by atoms with Crippen LogP contribution in [0.1, 0.15) is 32.8 Å². The van der Waals surface area contributed by atoms with Crippen LogP contribution in [0.5, 0.6) is 0 Å². The first-order valence-corrected chi connectivity index (χ1v) is 6.69. The van der Waals surface area contributed by atoms with Crippen molar-refractivity contribution in [1.82, 2.24) is 14.6 Å². The van der Waals surface area contributed by atoms with E-state index in [2.05, 4.69) is 49.2 Å². The number of nitrogens with two attached hydrogens (primary N) is 1. The summed E-state index contributed by atoms with van der Waals surface area (Å²) in [6, 6.07) is 4.41. The van der Waals surface area contributed by atoms with Gasteiger partial charge in [0.05, 0.1) is 0 Å². The molecule has 1 atom stereocenters. The number of hydrogen-bond donors (Lipinski definition) is 2. The van der Waals surface area contributed by atoms with Crippen LogP contribution in [0.25, 0.3) is 5.65 Å². The second-order valence-corrected chi connectivity index (χ2v) is 6.09. The molecule has 0 bridgehead atoms. The molecule has 0 saturated carbocycles. The van der Waals surface area contributed by atoms with E-state index in [9.17, 15) is 0 Å². The average Bonchev–Trinajstić information content (AvgIpc) is 2.74. The van der Waals surface area contributed by atoms with E-state index in [0.717, 1.165) is 17.9 Å². The number of aryl methyl sites for hydroxylation is 1. The third-order valence-electron chi connectivity index (χ3n) is 3.35. The van der Waals surface area contributed by atoms with Crippen LogP contribution in [0, 0.1) is 12.3 Å². The second kappa shape index (κ2) is 5.17. The van der Waals surface area contributed by atoms with Crippen molar-refractivity contribution < 1.29 is 0 Å². The van der Waals surface area contributed by atoms with Crippen LogP contribution >= 0.6 is 0 Å². The molecule has 2 heterocycles. The molecular formula is C14H23N5. The quantitative estimate of drug-likeness (QED) is 0.885. The van der Waals surface area contributed by atoms with E-state index in [-0.39, 0.29) is 5.41 Å². The van der Waals surface area contributed by atoms with Crippen molar-refractivity contribution in [3.8, 4) is 0 Å². The summed E-state index contributed by atoms with van der Waals surface area (Å²) in [5.41, 5.74) is 7.90. The molecular weight excluding hydrogens is 238 g/mol. The number of rotatable bonds is 4. The average molecular weight is 261 g/mol. The molecule has 1 unspecified atom stereocenters. The first-order chi connectivity index (χ1) is 8.91. The molecule has 5 heteroatoms. The Balaban J connectivity index is 2.35. The largest absolute Gasteiger partial charge is 0.367 e. The van der Waals surface area contributed by atoms with Gasteiger partial charge in [0.25, 0.3) is 0 Å². The number of anilines is 1. The van der Waals surface area contributed by atoms with E-state index < -0.39 is 0 Å². The number of aromatic nitrogens is 3. The Morgan fingerprint density at radius 3 is 2.74 bits per heavy atom. The molecule has 0 aromatic carbocycles. The van der Waals surface area contributed by atoms with Crippen LogP contribution in [0.2, 0.25) is 0 Å². The second-order valence-electron chi connectivity index (χ2n) is 6.09. The van der Waals surface area contributed by atoms with Crippen LogP contribution in [-0.2, 0) is 0 Å². The molecule has 0 spiro atoms. The van der Waals surface area contributed by atoms with E-state index in [1.54, 1.807) is 6.33 Å². The van der Waals surface area contributed by atoms with Crippen molar-refractivity contribution in [2.75, 3.05) is 11.9 Å². The lowest BCUT2D eigenvalue weighted by atomic mass is 9.85. The zero-order valence-corrected chi connectivity index (χ0v) is 12.1. The highest BCUT2D eigenvalue weighted by molar-refractivity contribution is 5.51. The standard InChI is InChI=1S/C14H23N5/c1-10-7-12-16-9-17-19(12)13(8-10)18-11(5-6-15)14(2,3)4/h7-9,11,18H,5-6,15H2,1-4H3. The molecule has 19 heavy (non-hydrogen) atoms. The summed E-state index contributed by atoms with van der Waals surface area (Å²) < 4.78 is 1.84. The summed E-state index contributed by atoms with van der Waals surface area (Å²) in [7, 11) is 0. The van der Waals surface area contributed by atoms with Crippen LogP contribution in [0.3, 0.4) is 0 Å². The van der Waals surface area contributed by atoms with Crippen LogP contribution in [0.4, 0.5) is 5.82 Å². The summed E-state index contributed by atoms with van der Waals surface area (Å²) in [6.45, 7) is 9.38. The van der Waals surface area contributed by atoms with Gasteiger partial charge in [-0.05, 0) is 43.0 Å². The molecule has 2 aromatic rings. The fourth-order valence-corrected chi connectivity index (χ4v) is 2.23. The molecule has 5 nitrogen and oxygen atoms in total. The van der Waals surface area contributed by atoms with Gasteiger partial charge in [0, 0.05) is 6.04 Å². The van der Waals surface area contributed by atoms with E-state index in [1.807, 2.05) is 10.6 Å². The normalized spacial score (nSPS) is 13.7. The summed E-state index contributed by atoms with van der Waals surface area (Å²) in [5, 5.41) is 7.84. The van der Waals surface area contributed by atoms with Crippen molar-refractivity contribution in [2.45, 2.75) is 40.2 Å². The van der Waals surface area contributed by atoms with Gasteiger partial charge in [0.2, 0.25) is 0 Å². The lowest BCUT2D eigenvalue weighted by Gasteiger charge is -2.32. The molecule has 0 fully saturated rings. The topological polar surface area (TPSA) is 68.2 Å². The fourth-order valence-electron chi connectivity index (χ4n) is 2.23. The van der Waals surface area contributed by atoms with E-state index >= 15 is 0 Å². The lowest BCUT2D eigenvalue weighted by Crippen LogP contribution is -2.36. The van der Waals surface area contributed by atoms with Gasteiger partial charge in [0.1, 0.15) is 12.1 Å². The molecule has 0 aliphatic rings. The first kappa shape index (κ1) is 13.8. The Labute approximate surface area is 114 Å². The molecule has 0 radical (unpaired) electrons. The minimum Gasteiger partial charge on any atom is -0.367 e. The van der Waals surface area contributed by atoms with Crippen LogP contribution in [-0.4, -0.2) is 27.2 Å². The highest BCUT2D eigenvalue weighted by Crippen LogP contribution is 2.25. The molecule has 0 saturated heterocycles. The van der Waals surface area contributed by atoms with Gasteiger partial charge in [0.15, 0.2) is 5.65 Å². The summed E-state index contributed by atoms with van der Waals surface area (Å²) in [4.78, 5) is 4.24. The molecule has 0 amide bonds. The van der Waals surface area contributed by atoms with Gasteiger partial charge in [-0.25, -0.2) is 4.98 Å². The Bertz CT molecular complexity index is 552. The molecule has 104 valence electrons. The van der Waals surface area contributed by atoms with Crippen molar-refractivity contribution in [1.29, 1.82) is 0 Å². The summed E-state index contributed by atoms with van der Waals surface area (Å²) in [5.74, 6) is 0.973. The number of pyridine rings is 1. The minimum absolute atomic E-state index is 0.135. The maximum Gasteiger partial charge on any atom is 0.157 e. The number of nitrogens with one attached hydrogen (secondary N) is 1. The van der Waals surface area contributed by atoms with Crippen molar-refractivity contribution in [2.24, 2.45) is 11.1 Å². The Hall–Kier alpha value is -1.62. The van der Waals surface area contributed by atoms with Gasteiger partial charge >= 0.3 is 0 Å². The third kappa shape index (κ3) is 3.04. The number of hydrogen-bond acceptors (Lipinski definition) is 4. The highest BCUT2D eigenvalue weighted by atomic mass is 15.3. The molecule has 0 aliphatic carbocycles. The fraction of sp³-hybridized carbons (Fsp3) is 0.571. The van der Waals surface area contributed by atoms with Gasteiger partial charge in [-0.2, -0.15) is 9.61 Å². The zero-order chi connectivity index (χ0) is 14.0. The molecule has 2 aromatic heterocycles. The van der Waals surface area contributed by atoms with Crippen molar-refractivity contribution in [3.63, 3.8) is 0 Å². The smallest absolute Gasteiger partial charge is 0.157 e. The molecule has 0 aliphatic heterocycles. The predicted molar refractivity (Wildman–Crippen MR) is 78.3 cm³/mol. The minimum atomic E-state index is 0.135. The van der Waals surface area contributed by atoms with Crippen molar-refractivity contribution in [3.05, 3.63) is 24.0 Å². The lowest BCUT2D eigenvalue weighted by molar-refractivity contribution is 0.327. The van der Waals surface area contributed by atoms with E-state index in [4.69, 9.17) is 5.73 Å². The first-order valence-electron chi connectivity index (χ1n) is 6.69. The summed E-state index contributed by atoms with van der Waals surface area (Å²) >= 11 is 0. The molecule has 2 rings (SSSR count). The monoisotopic (exact) mass is 261 g/mol. The Kier molecular flexibility index (Phi) is 3.75. The van der Waals surface area contributed by atoms with E-state index in [0.29, 0.717) is 12.6 Å². The van der Waals surface area contributed by atoms with Crippen LogP contribution < -0.4 is 11.1 Å². The third-order valence-corrected chi connectivity index (χ3v) is 3.35.